The summed E-state index contributed by atoms with van der Waals surface area (Å²) in [7, 11) is 0. The van der Waals surface area contributed by atoms with Crippen LogP contribution in [0.5, 0.6) is 0 Å². The number of nitrogens with zero attached hydrogens (tertiary/aromatic N) is 1. The Hall–Kier alpha value is -1.73. The number of nitrogens with one attached hydrogen (secondary N) is 1. The van der Waals surface area contributed by atoms with Crippen LogP contribution in [0.1, 0.15) is 15.9 Å². The van der Waals surface area contributed by atoms with Crippen LogP contribution in [0.3, 0.4) is 0 Å². The molecule has 0 saturated heterocycles. The Balaban J connectivity index is 2.32. The zero-order valence-electron chi connectivity index (χ0n) is 10.9. The van der Waals surface area contributed by atoms with Crippen LogP contribution in [0.2, 0.25) is 0 Å². The van der Waals surface area contributed by atoms with Crippen molar-refractivity contribution < 1.29 is 9.72 Å². The van der Waals surface area contributed by atoms with Crippen molar-refractivity contribution in [2.75, 3.05) is 5.32 Å². The molecule has 21 heavy (non-hydrogen) atoms. The molecule has 2 aromatic rings. The Morgan fingerprint density at radius 1 is 1.14 bits per heavy atom. The van der Waals surface area contributed by atoms with E-state index in [-0.39, 0.29) is 11.3 Å². The topological polar surface area (TPSA) is 72.2 Å². The molecule has 0 aliphatic heterocycles. The monoisotopic (exact) mass is 412 g/mol. The van der Waals surface area contributed by atoms with Gasteiger partial charge in [-0.15, -0.1) is 0 Å². The average molecular weight is 414 g/mol. The number of amides is 1. The molecule has 0 fully saturated rings. The predicted octanol–water partition coefficient (Wildman–Crippen LogP) is 4.68. The molecule has 108 valence electrons. The molecular weight excluding hydrogens is 404 g/mol. The van der Waals surface area contributed by atoms with E-state index in [4.69, 9.17) is 0 Å². The summed E-state index contributed by atoms with van der Waals surface area (Å²) in [6.45, 7) is 1.94. The Labute approximate surface area is 137 Å². The Morgan fingerprint density at radius 3 is 2.48 bits per heavy atom. The summed E-state index contributed by atoms with van der Waals surface area (Å²) < 4.78 is 1.24. The fraction of sp³-hybridized carbons (Fsp3) is 0.0714. The van der Waals surface area contributed by atoms with E-state index in [9.17, 15) is 14.9 Å². The quantitative estimate of drug-likeness (QED) is 0.586. The lowest BCUT2D eigenvalue weighted by Gasteiger charge is -2.09. The average Bonchev–Trinajstić information content (AvgIpc) is 2.42. The Kier molecular flexibility index (Phi) is 4.74. The molecule has 0 radical (unpaired) electrons. The molecule has 0 aliphatic rings. The first-order chi connectivity index (χ1) is 9.88. The van der Waals surface area contributed by atoms with Gasteiger partial charge in [-0.2, -0.15) is 0 Å². The van der Waals surface area contributed by atoms with Crippen molar-refractivity contribution in [2.45, 2.75) is 6.92 Å². The summed E-state index contributed by atoms with van der Waals surface area (Å²) in [5.41, 5.74) is 1.73. The molecule has 1 N–H and O–H groups in total. The second kappa shape index (κ2) is 6.36. The van der Waals surface area contributed by atoms with Crippen LogP contribution >= 0.6 is 31.9 Å². The van der Waals surface area contributed by atoms with Crippen LogP contribution < -0.4 is 5.32 Å². The van der Waals surface area contributed by atoms with Gasteiger partial charge in [-0.1, -0.05) is 6.07 Å². The number of carbonyl (C=O) groups excluding carboxylic acids is 1. The van der Waals surface area contributed by atoms with E-state index in [1.165, 1.54) is 18.2 Å². The number of halogens is 2. The second-order valence-electron chi connectivity index (χ2n) is 4.36. The van der Waals surface area contributed by atoms with Gasteiger partial charge in [0.1, 0.15) is 0 Å². The summed E-state index contributed by atoms with van der Waals surface area (Å²) in [6.07, 6.45) is 0. The van der Waals surface area contributed by atoms with Crippen molar-refractivity contribution in [3.63, 3.8) is 0 Å². The van der Waals surface area contributed by atoms with Gasteiger partial charge in [-0.25, -0.2) is 0 Å². The van der Waals surface area contributed by atoms with Gasteiger partial charge in [-0.05, 0) is 62.5 Å². The molecule has 1 amide bonds. The number of anilines is 1. The molecule has 0 saturated carbocycles. The van der Waals surface area contributed by atoms with Crippen molar-refractivity contribution in [1.82, 2.24) is 0 Å². The zero-order valence-corrected chi connectivity index (χ0v) is 14.1. The van der Waals surface area contributed by atoms with E-state index < -0.39 is 10.8 Å². The molecule has 0 atom stereocenters. The first-order valence-electron chi connectivity index (χ1n) is 5.90. The fourth-order valence-electron chi connectivity index (χ4n) is 1.71. The number of nitro groups is 1. The minimum Gasteiger partial charge on any atom is -0.321 e. The van der Waals surface area contributed by atoms with Crippen molar-refractivity contribution in [3.05, 3.63) is 66.6 Å². The van der Waals surface area contributed by atoms with Crippen molar-refractivity contribution in [2.24, 2.45) is 0 Å². The van der Waals surface area contributed by atoms with Gasteiger partial charge >= 0.3 is 0 Å². The van der Waals surface area contributed by atoms with Crippen molar-refractivity contribution >= 4 is 49.1 Å². The van der Waals surface area contributed by atoms with Crippen LogP contribution in [0, 0.1) is 17.0 Å². The minimum absolute atomic E-state index is 0.133. The predicted molar refractivity (Wildman–Crippen MR) is 87.6 cm³/mol. The van der Waals surface area contributed by atoms with Crippen LogP contribution in [-0.2, 0) is 0 Å². The number of rotatable bonds is 3. The number of non-ortho nitro benzene ring substituents is 1. The van der Waals surface area contributed by atoms with E-state index >= 15 is 0 Å². The lowest BCUT2D eigenvalue weighted by Crippen LogP contribution is -2.13. The molecule has 5 nitrogen and oxygen atoms in total. The van der Waals surface area contributed by atoms with Gasteiger partial charge in [0.15, 0.2) is 0 Å². The normalized spacial score (nSPS) is 10.2. The SMILES string of the molecule is Cc1ccc(NC(=O)c2cc([N+](=O)[O-])ccc2Br)c(Br)c1. The lowest BCUT2D eigenvalue weighted by atomic mass is 10.1. The third-order valence-corrected chi connectivity index (χ3v) is 4.13. The van der Waals surface area contributed by atoms with E-state index in [0.717, 1.165) is 10.0 Å². The fourth-order valence-corrected chi connectivity index (χ4v) is 2.73. The third kappa shape index (κ3) is 3.68. The molecule has 7 heteroatoms. The molecule has 0 aromatic heterocycles. The van der Waals surface area contributed by atoms with Crippen LogP contribution in [0.25, 0.3) is 0 Å². The molecular formula is C14H10Br2N2O3. The molecule has 2 aromatic carbocycles. The number of hydrogen-bond donors (Lipinski definition) is 1. The summed E-state index contributed by atoms with van der Waals surface area (Å²) in [6, 6.07) is 9.56. The first-order valence-corrected chi connectivity index (χ1v) is 7.48. The molecule has 0 heterocycles. The van der Waals surface area contributed by atoms with E-state index in [0.29, 0.717) is 10.2 Å². The zero-order chi connectivity index (χ0) is 15.6. The van der Waals surface area contributed by atoms with E-state index in [1.807, 2.05) is 19.1 Å². The largest absolute Gasteiger partial charge is 0.321 e. The van der Waals surface area contributed by atoms with Crippen LogP contribution in [0.15, 0.2) is 45.3 Å². The highest BCUT2D eigenvalue weighted by atomic mass is 79.9. The van der Waals surface area contributed by atoms with Gasteiger partial charge in [0.25, 0.3) is 11.6 Å². The van der Waals surface area contributed by atoms with E-state index in [1.54, 1.807) is 6.07 Å². The van der Waals surface area contributed by atoms with Crippen LogP contribution in [0.4, 0.5) is 11.4 Å². The molecule has 0 spiro atoms. The maximum atomic E-state index is 12.3. The Morgan fingerprint density at radius 2 is 1.86 bits per heavy atom. The number of benzene rings is 2. The second-order valence-corrected chi connectivity index (χ2v) is 6.07. The van der Waals surface area contributed by atoms with E-state index in [2.05, 4.69) is 37.2 Å². The van der Waals surface area contributed by atoms with Gasteiger partial charge in [0.05, 0.1) is 16.2 Å². The molecule has 0 aliphatic carbocycles. The number of hydrogen-bond acceptors (Lipinski definition) is 3. The summed E-state index contributed by atoms with van der Waals surface area (Å²) in [5, 5.41) is 13.5. The number of carbonyl (C=O) groups is 1. The van der Waals surface area contributed by atoms with Crippen molar-refractivity contribution in [3.8, 4) is 0 Å². The maximum absolute atomic E-state index is 12.3. The molecule has 2 rings (SSSR count). The Bertz CT molecular complexity index is 732. The van der Waals surface area contributed by atoms with Gasteiger partial charge < -0.3 is 5.32 Å². The summed E-state index contributed by atoms with van der Waals surface area (Å²) in [5.74, 6) is -0.421. The minimum atomic E-state index is -0.537. The highest BCUT2D eigenvalue weighted by Gasteiger charge is 2.16. The van der Waals surface area contributed by atoms with Crippen molar-refractivity contribution in [1.29, 1.82) is 0 Å². The van der Waals surface area contributed by atoms with Gasteiger partial charge in [0, 0.05) is 21.1 Å². The standard InChI is InChI=1S/C14H10Br2N2O3/c1-8-2-5-13(12(16)6-8)17-14(19)10-7-9(18(20)21)3-4-11(10)15/h2-7H,1H3,(H,17,19). The van der Waals surface area contributed by atoms with Crippen LogP contribution in [-0.4, -0.2) is 10.8 Å². The maximum Gasteiger partial charge on any atom is 0.270 e. The summed E-state index contributed by atoms with van der Waals surface area (Å²) in [4.78, 5) is 22.5. The number of nitro benzene ring substituents is 1. The molecule has 0 bridgehead atoms. The summed E-state index contributed by atoms with van der Waals surface area (Å²) >= 11 is 6.60. The van der Waals surface area contributed by atoms with Gasteiger partial charge in [-0.3, -0.25) is 14.9 Å². The number of aryl methyl sites for hydroxylation is 1. The highest BCUT2D eigenvalue weighted by molar-refractivity contribution is 9.11. The first kappa shape index (κ1) is 15.7. The molecule has 0 unspecified atom stereocenters. The lowest BCUT2D eigenvalue weighted by molar-refractivity contribution is -0.384. The van der Waals surface area contributed by atoms with Gasteiger partial charge in [0.2, 0.25) is 0 Å². The third-order valence-electron chi connectivity index (χ3n) is 2.78. The smallest absolute Gasteiger partial charge is 0.270 e. The highest BCUT2D eigenvalue weighted by Crippen LogP contribution is 2.27.